The van der Waals surface area contributed by atoms with E-state index in [1.807, 2.05) is 18.2 Å². The van der Waals surface area contributed by atoms with Gasteiger partial charge in [0.25, 0.3) is 0 Å². The van der Waals surface area contributed by atoms with Crippen LogP contribution in [0.4, 0.5) is 0 Å². The molecule has 0 spiro atoms. The van der Waals surface area contributed by atoms with E-state index in [0.29, 0.717) is 128 Å². The van der Waals surface area contributed by atoms with Gasteiger partial charge in [-0.3, -0.25) is 14.4 Å². The van der Waals surface area contributed by atoms with Crippen LogP contribution in [0.1, 0.15) is 481 Å². The van der Waals surface area contributed by atoms with Crippen LogP contribution in [-0.2, 0) is 24.0 Å². The van der Waals surface area contributed by atoms with Gasteiger partial charge in [0.15, 0.2) is 5.78 Å². The first-order chi connectivity index (χ1) is 68.5. The van der Waals surface area contributed by atoms with E-state index >= 15 is 0 Å². The van der Waals surface area contributed by atoms with E-state index in [-0.39, 0.29) is 57.7 Å². The first-order valence-electron chi connectivity index (χ1n) is 62.8. The monoisotopic (exact) mass is 2000 g/mol. The molecule has 5 N–H and O–H groups in total. The summed E-state index contributed by atoms with van der Waals surface area (Å²) in [4.78, 5) is 61.7. The summed E-state index contributed by atoms with van der Waals surface area (Å²) in [6, 6.07) is 0. The second-order valence-electron chi connectivity index (χ2n) is 60.3. The van der Waals surface area contributed by atoms with Crippen LogP contribution >= 0.6 is 0 Å². The van der Waals surface area contributed by atoms with E-state index < -0.39 is 11.2 Å². The fourth-order valence-electron chi connectivity index (χ4n) is 43.3. The third-order valence-electron chi connectivity index (χ3n) is 51.2. The molecule has 19 aliphatic carbocycles. The molecule has 0 radical (unpaired) electrons. The Kier molecular flexibility index (Phi) is 36.7. The Hall–Kier alpha value is -3.15. The molecule has 0 heterocycles. The number of hydrogen-bond donors (Lipinski definition) is 5. The molecule has 19 rings (SSSR count). The number of aliphatic hydroxyl groups is 5. The highest BCUT2D eigenvalue weighted by Crippen LogP contribution is 2.78. The molecule has 15 unspecified atom stereocenters. The Morgan fingerprint density at radius 3 is 1.02 bits per heavy atom. The minimum Gasteiger partial charge on any atom is -0.396 e. The van der Waals surface area contributed by atoms with Crippen molar-refractivity contribution in [2.75, 3.05) is 6.61 Å². The highest BCUT2D eigenvalue weighted by Gasteiger charge is 2.74. The zero-order chi connectivity index (χ0) is 105. The Morgan fingerprint density at radius 2 is 0.662 bits per heavy atom. The summed E-state index contributed by atoms with van der Waals surface area (Å²) in [6.45, 7) is 60.5. The predicted octanol–water partition coefficient (Wildman–Crippen LogP) is 32.8. The van der Waals surface area contributed by atoms with Crippen LogP contribution in [-0.4, -0.2) is 86.5 Å². The van der Waals surface area contributed by atoms with E-state index in [1.165, 1.54) is 242 Å². The molecule has 822 valence electrons. The minimum atomic E-state index is -0.922. The lowest BCUT2D eigenvalue weighted by Crippen LogP contribution is -2.50. The Balaban J connectivity index is 0.000000136. The quantitative estimate of drug-likeness (QED) is 0.0321. The maximum atomic E-state index is 12.9. The van der Waals surface area contributed by atoms with Crippen molar-refractivity contribution >= 4 is 30.9 Å². The Morgan fingerprint density at radius 1 is 0.338 bits per heavy atom. The van der Waals surface area contributed by atoms with Gasteiger partial charge in [0, 0.05) is 35.2 Å². The van der Waals surface area contributed by atoms with Crippen LogP contribution in [0.2, 0.25) is 0 Å². The lowest BCUT2D eigenvalue weighted by Gasteiger charge is -2.54. The van der Waals surface area contributed by atoms with Gasteiger partial charge in [-0.25, -0.2) is 0 Å². The van der Waals surface area contributed by atoms with Crippen LogP contribution in [0, 0.1) is 244 Å². The zero-order valence-corrected chi connectivity index (χ0v) is 97.8. The number of rotatable bonds is 32. The van der Waals surface area contributed by atoms with Crippen molar-refractivity contribution in [3.63, 3.8) is 0 Å². The summed E-state index contributed by atoms with van der Waals surface area (Å²) in [6.07, 6.45) is 74.9. The Bertz CT molecular complexity index is 4400. The van der Waals surface area contributed by atoms with Crippen molar-refractivity contribution in [3.8, 4) is 0 Å². The number of fused-ring (bicyclic) bond motifs is 21. The Labute approximate surface area is 888 Å². The van der Waals surface area contributed by atoms with E-state index in [0.717, 1.165) is 196 Å². The molecule has 0 aromatic heterocycles. The zero-order valence-electron chi connectivity index (χ0n) is 97.8. The normalized spacial score (nSPS) is 46.1. The SMILES string of the molecule is CC(C)CCC[C@@H](C)[C@H]1CCC2C(CC=O)C([C@@]3(C)CCC=CC3=O)CC[C@@]21C.CC(C)CCC[C@@H](C)[C@H]1CCC2C3C(C=O)=C4C[C@@H](O)CC[C@]4(C)C3CC[C@@]21C.CC(C)CCC[C@@H](C)[C@H]1CCC2C3C(C=O)=C4C[C@@H](O)CC[C@]4(C)C3CC[C@@]21C.CC(C)CCC[C@@H](C)[C@H]1CCC2C3C(CC[C@@]21C)[C@@]1(C)CCC=C[C@@]1(O)[C@@H]3C=O.CC(C)CCC[C@@H](C)[C@H]1CCC2C3C(CC[C@@]21C)[C@@]1(C)CCC=C[C@@]1(O)[C@@H]3CO. The lowest BCUT2D eigenvalue weighted by atomic mass is 9.50. The third kappa shape index (κ3) is 20.9. The average Bonchev–Trinajstić information content (AvgIpc) is 1.49. The largest absolute Gasteiger partial charge is 0.396 e. The molecule has 0 amide bonds. The highest BCUT2D eigenvalue weighted by atomic mass is 16.3. The minimum absolute atomic E-state index is 0.0219. The van der Waals surface area contributed by atoms with Crippen molar-refractivity contribution in [1.29, 1.82) is 0 Å². The number of allylic oxidation sites excluding steroid dienone is 6. The summed E-state index contributed by atoms with van der Waals surface area (Å²) >= 11 is 0. The summed E-state index contributed by atoms with van der Waals surface area (Å²) in [5.41, 5.74) is 5.02. The molecule has 0 aliphatic heterocycles. The molecule has 0 saturated heterocycles. The highest BCUT2D eigenvalue weighted by molar-refractivity contribution is 5.95. The van der Waals surface area contributed by atoms with Crippen molar-refractivity contribution in [1.82, 2.24) is 0 Å². The van der Waals surface area contributed by atoms with Crippen LogP contribution in [0.15, 0.2) is 58.7 Å². The van der Waals surface area contributed by atoms with Crippen LogP contribution in [0.3, 0.4) is 0 Å². The van der Waals surface area contributed by atoms with Gasteiger partial charge >= 0.3 is 0 Å². The molecular formula is C135H222O10. The van der Waals surface area contributed by atoms with Crippen molar-refractivity contribution in [2.45, 2.75) is 505 Å². The molecule has 0 aromatic rings. The molecule has 0 aromatic carbocycles. The molecule has 145 heavy (non-hydrogen) atoms. The van der Waals surface area contributed by atoms with Gasteiger partial charge in [-0.2, -0.15) is 0 Å². The van der Waals surface area contributed by atoms with Crippen molar-refractivity contribution < 1.29 is 49.5 Å². The molecule has 41 atom stereocenters. The van der Waals surface area contributed by atoms with Crippen molar-refractivity contribution in [3.05, 3.63) is 58.7 Å². The molecule has 10 nitrogen and oxygen atoms in total. The molecule has 0 bridgehead atoms. The first-order valence-corrected chi connectivity index (χ1v) is 62.8. The van der Waals surface area contributed by atoms with Gasteiger partial charge in [-0.15, -0.1) is 0 Å². The van der Waals surface area contributed by atoms with Gasteiger partial charge in [0.2, 0.25) is 0 Å². The van der Waals surface area contributed by atoms with Crippen LogP contribution in [0.5, 0.6) is 0 Å². The lowest BCUT2D eigenvalue weighted by molar-refractivity contribution is -0.135. The fourth-order valence-corrected chi connectivity index (χ4v) is 43.3. The van der Waals surface area contributed by atoms with Crippen molar-refractivity contribution in [2.24, 2.45) is 244 Å². The predicted molar refractivity (Wildman–Crippen MR) is 599 cm³/mol. The molecule has 19 aliphatic rings. The maximum Gasteiger partial charge on any atom is 0.161 e. The van der Waals surface area contributed by atoms with Crippen LogP contribution < -0.4 is 0 Å². The summed E-state index contributed by atoms with van der Waals surface area (Å²) in [5.74, 6) is 20.2. The van der Waals surface area contributed by atoms with E-state index in [2.05, 4.69) is 191 Å². The van der Waals surface area contributed by atoms with Gasteiger partial charge < -0.3 is 35.1 Å². The average molecular weight is 2010 g/mol. The number of ketones is 1. The summed E-state index contributed by atoms with van der Waals surface area (Å²) in [5, 5.41) is 54.8. The summed E-state index contributed by atoms with van der Waals surface area (Å²) in [7, 11) is 0. The van der Waals surface area contributed by atoms with Gasteiger partial charge in [0.05, 0.1) is 29.3 Å². The van der Waals surface area contributed by atoms with Gasteiger partial charge in [-0.1, -0.05) is 311 Å². The molecular weight excluding hydrogens is 1780 g/mol. The fraction of sp³-hybridized carbons (Fsp3) is 0.889. The second kappa shape index (κ2) is 45.9. The number of hydrogen-bond acceptors (Lipinski definition) is 10. The summed E-state index contributed by atoms with van der Waals surface area (Å²) < 4.78 is 0. The number of carbonyl (C=O) groups is 5. The van der Waals surface area contributed by atoms with Gasteiger partial charge in [0.1, 0.15) is 25.1 Å². The number of aliphatic hydroxyl groups excluding tert-OH is 3. The standard InChI is InChI=1S/C27H46O2.4C27H44O2/c2*1-18(2)9-8-10-19(3)20-11-12-21-24-22(13-16-25(20,21)4)26(5)14-6-7-15-27(26,29)23(24)17-28;2*1-17(2)7-6-8-18(3)21-9-10-22-25-20(16-28)24-15-19(29)11-13-27(24,5)23(25)12-14-26(21,22)4;1-19(2)9-8-10-20(3)22-12-13-23-21(15-18-28)24(14-17-26(22,23)4)27(5)16-7-6-11-25(27)29/h7,15,18-24,28-29H,6,8-14,16-17H2,1-5H3;7,15,17-24,29H,6,8-14,16H2,1-5H3;2*16-19,21-23,25,29H,6-15H2,1-5H3;6,11,18-24H,7-10,12-17H2,1-5H3/t2*19-,20-,21?,22?,23-,24?,25-,26-,27-;2*18-,19+,21-,22?,23?,25?,26-,27-;20-,21?,22-,23?,24?,26-,27-/m11111/s1. The van der Waals surface area contributed by atoms with E-state index in [1.54, 1.807) is 0 Å². The topological polar surface area (TPSA) is 186 Å². The van der Waals surface area contributed by atoms with E-state index in [9.17, 15) is 49.5 Å². The number of aldehydes is 4. The van der Waals surface area contributed by atoms with Crippen LogP contribution in [0.25, 0.3) is 0 Å². The molecule has 14 saturated carbocycles. The smallest absolute Gasteiger partial charge is 0.161 e. The molecule has 10 heteroatoms. The maximum absolute atomic E-state index is 12.9. The van der Waals surface area contributed by atoms with Gasteiger partial charge in [-0.05, 0) is 438 Å². The third-order valence-corrected chi connectivity index (χ3v) is 51.2. The number of carbonyl (C=O) groups excluding carboxylic acids is 5. The second-order valence-corrected chi connectivity index (χ2v) is 60.3. The first kappa shape index (κ1) is 116. The molecule has 14 fully saturated rings. The van der Waals surface area contributed by atoms with E-state index in [4.69, 9.17) is 0 Å².